The molecule has 1 atom stereocenters. The van der Waals surface area contributed by atoms with E-state index in [1.54, 1.807) is 0 Å². The number of amides is 1. The predicted molar refractivity (Wildman–Crippen MR) is 54.4 cm³/mol. The summed E-state index contributed by atoms with van der Waals surface area (Å²) in [5.74, 6) is 4.88. The lowest BCUT2D eigenvalue weighted by Crippen LogP contribution is -2.36. The number of hydrogen-bond donors (Lipinski definition) is 2. The maximum absolute atomic E-state index is 10.8. The zero-order valence-corrected chi connectivity index (χ0v) is 9.70. The Balaban J connectivity index is 3.98. The number of hydrogen-bond acceptors (Lipinski definition) is 5. The second kappa shape index (κ2) is 6.60. The van der Waals surface area contributed by atoms with Gasteiger partial charge in [0.2, 0.25) is 6.29 Å². The van der Waals surface area contributed by atoms with Gasteiger partial charge in [0, 0.05) is 6.42 Å². The first kappa shape index (κ1) is 14.2. The van der Waals surface area contributed by atoms with Gasteiger partial charge in [-0.05, 0) is 20.8 Å². The molecule has 6 nitrogen and oxygen atoms in total. The molecule has 0 aliphatic heterocycles. The Morgan fingerprint density at radius 3 is 2.47 bits per heavy atom. The summed E-state index contributed by atoms with van der Waals surface area (Å²) in [6.07, 6.45) is -0.136. The number of nitrogens with one attached hydrogen (secondary N) is 1. The molecule has 0 aliphatic rings. The standard InChI is InChI=1S/C9H20N2O4/c1-5-6-7(13-8(12)11-10)14-15-9(2,3)4/h7H,5-6,10H2,1-4H3,(H,11,12). The van der Waals surface area contributed by atoms with Crippen LogP contribution in [0, 0.1) is 0 Å². The van der Waals surface area contributed by atoms with Gasteiger partial charge in [-0.3, -0.25) is 5.43 Å². The average molecular weight is 220 g/mol. The van der Waals surface area contributed by atoms with Crippen molar-refractivity contribution in [3.05, 3.63) is 0 Å². The SMILES string of the molecule is CCCC(OOC(C)(C)C)OC(=O)NN. The van der Waals surface area contributed by atoms with Crippen LogP contribution in [0.25, 0.3) is 0 Å². The molecule has 0 saturated carbocycles. The van der Waals surface area contributed by atoms with Crippen LogP contribution in [0.5, 0.6) is 0 Å². The Bertz CT molecular complexity index is 191. The second-order valence-electron chi connectivity index (χ2n) is 4.06. The van der Waals surface area contributed by atoms with E-state index in [0.717, 1.165) is 6.42 Å². The fourth-order valence-corrected chi connectivity index (χ4v) is 0.714. The molecule has 90 valence electrons. The molecule has 0 fully saturated rings. The minimum absolute atomic E-state index is 0.450. The fourth-order valence-electron chi connectivity index (χ4n) is 0.714. The summed E-state index contributed by atoms with van der Waals surface area (Å²) < 4.78 is 4.81. The summed E-state index contributed by atoms with van der Waals surface area (Å²) >= 11 is 0. The van der Waals surface area contributed by atoms with Crippen LogP contribution >= 0.6 is 0 Å². The summed E-state index contributed by atoms with van der Waals surface area (Å²) in [6, 6.07) is 0. The molecular weight excluding hydrogens is 200 g/mol. The van der Waals surface area contributed by atoms with Crippen molar-refractivity contribution < 1.29 is 19.3 Å². The first-order valence-electron chi connectivity index (χ1n) is 4.90. The van der Waals surface area contributed by atoms with Gasteiger partial charge >= 0.3 is 6.09 Å². The molecule has 0 saturated heterocycles. The zero-order valence-electron chi connectivity index (χ0n) is 9.70. The Morgan fingerprint density at radius 2 is 2.07 bits per heavy atom. The number of ether oxygens (including phenoxy) is 1. The highest BCUT2D eigenvalue weighted by Crippen LogP contribution is 2.12. The van der Waals surface area contributed by atoms with Gasteiger partial charge in [-0.1, -0.05) is 13.3 Å². The first-order chi connectivity index (χ1) is 6.89. The number of hydrazine groups is 1. The molecule has 0 bridgehead atoms. The minimum Gasteiger partial charge on any atom is -0.416 e. The minimum atomic E-state index is -0.744. The quantitative estimate of drug-likeness (QED) is 0.241. The lowest BCUT2D eigenvalue weighted by molar-refractivity contribution is -0.408. The van der Waals surface area contributed by atoms with E-state index in [2.05, 4.69) is 0 Å². The van der Waals surface area contributed by atoms with Crippen LogP contribution in [0.3, 0.4) is 0 Å². The molecule has 0 spiro atoms. The molecule has 0 heterocycles. The molecule has 1 unspecified atom stereocenters. The monoisotopic (exact) mass is 220 g/mol. The molecular formula is C9H20N2O4. The van der Waals surface area contributed by atoms with E-state index in [-0.39, 0.29) is 0 Å². The van der Waals surface area contributed by atoms with E-state index in [1.165, 1.54) is 0 Å². The number of carbonyl (C=O) groups is 1. The van der Waals surface area contributed by atoms with Gasteiger partial charge in [0.05, 0.1) is 5.60 Å². The van der Waals surface area contributed by atoms with Gasteiger partial charge in [0.1, 0.15) is 0 Å². The van der Waals surface area contributed by atoms with Crippen molar-refractivity contribution >= 4 is 6.09 Å². The third-order valence-electron chi connectivity index (χ3n) is 1.29. The van der Waals surface area contributed by atoms with Gasteiger partial charge in [0.15, 0.2) is 0 Å². The van der Waals surface area contributed by atoms with Crippen molar-refractivity contribution in [2.45, 2.75) is 52.4 Å². The molecule has 0 radical (unpaired) electrons. The third kappa shape index (κ3) is 8.17. The highest BCUT2D eigenvalue weighted by molar-refractivity contribution is 5.66. The average Bonchev–Trinajstić information content (AvgIpc) is 2.13. The summed E-state index contributed by atoms with van der Waals surface area (Å²) in [7, 11) is 0. The van der Waals surface area contributed by atoms with E-state index in [1.807, 2.05) is 33.1 Å². The topological polar surface area (TPSA) is 82.8 Å². The largest absolute Gasteiger partial charge is 0.423 e. The molecule has 15 heavy (non-hydrogen) atoms. The summed E-state index contributed by atoms with van der Waals surface area (Å²) in [4.78, 5) is 20.9. The van der Waals surface area contributed by atoms with Crippen LogP contribution in [0.4, 0.5) is 4.79 Å². The van der Waals surface area contributed by atoms with Gasteiger partial charge in [-0.15, -0.1) is 0 Å². The number of nitrogens with two attached hydrogens (primary N) is 1. The van der Waals surface area contributed by atoms with Crippen LogP contribution in [-0.2, 0) is 14.5 Å². The Hall–Kier alpha value is -0.850. The molecule has 1 amide bonds. The molecule has 0 aromatic heterocycles. The Morgan fingerprint density at radius 1 is 1.47 bits per heavy atom. The van der Waals surface area contributed by atoms with Crippen LogP contribution < -0.4 is 11.3 Å². The highest BCUT2D eigenvalue weighted by Gasteiger charge is 2.19. The highest BCUT2D eigenvalue weighted by atomic mass is 17.2. The van der Waals surface area contributed by atoms with E-state index in [4.69, 9.17) is 20.4 Å². The summed E-state index contributed by atoms with van der Waals surface area (Å²) in [5, 5.41) is 0. The zero-order chi connectivity index (χ0) is 11.9. The third-order valence-corrected chi connectivity index (χ3v) is 1.29. The first-order valence-corrected chi connectivity index (χ1v) is 4.90. The second-order valence-corrected chi connectivity index (χ2v) is 4.06. The van der Waals surface area contributed by atoms with Gasteiger partial charge in [-0.2, -0.15) is 4.89 Å². The van der Waals surface area contributed by atoms with Crippen LogP contribution in [0.15, 0.2) is 0 Å². The van der Waals surface area contributed by atoms with E-state index in [9.17, 15) is 4.79 Å². The predicted octanol–water partition coefficient (Wildman–Crippen LogP) is 1.46. The normalized spacial score (nSPS) is 13.4. The molecule has 0 aromatic rings. The summed E-state index contributed by atoms with van der Waals surface area (Å²) in [6.45, 7) is 7.44. The van der Waals surface area contributed by atoms with Gasteiger partial charge in [0.25, 0.3) is 0 Å². The molecule has 0 aromatic carbocycles. The van der Waals surface area contributed by atoms with Crippen molar-refractivity contribution in [2.75, 3.05) is 0 Å². The lowest BCUT2D eigenvalue weighted by atomic mass is 10.2. The molecule has 3 N–H and O–H groups in total. The van der Waals surface area contributed by atoms with Crippen molar-refractivity contribution in [1.82, 2.24) is 5.43 Å². The fraction of sp³-hybridized carbons (Fsp3) is 0.889. The van der Waals surface area contributed by atoms with Crippen LogP contribution in [0.1, 0.15) is 40.5 Å². The van der Waals surface area contributed by atoms with Gasteiger partial charge < -0.3 is 4.74 Å². The molecule has 0 aliphatic carbocycles. The van der Waals surface area contributed by atoms with Crippen molar-refractivity contribution in [1.29, 1.82) is 0 Å². The van der Waals surface area contributed by atoms with E-state index >= 15 is 0 Å². The Kier molecular flexibility index (Phi) is 6.23. The maximum Gasteiger partial charge on any atom is 0.423 e. The smallest absolute Gasteiger partial charge is 0.416 e. The van der Waals surface area contributed by atoms with Crippen LogP contribution in [-0.4, -0.2) is 18.0 Å². The van der Waals surface area contributed by atoms with Crippen molar-refractivity contribution in [3.63, 3.8) is 0 Å². The molecule has 6 heteroatoms. The molecule has 0 rings (SSSR count). The lowest BCUT2D eigenvalue weighted by Gasteiger charge is -2.22. The van der Waals surface area contributed by atoms with E-state index in [0.29, 0.717) is 6.42 Å². The summed E-state index contributed by atoms with van der Waals surface area (Å²) in [5.41, 5.74) is 1.40. The van der Waals surface area contributed by atoms with Crippen molar-refractivity contribution in [3.8, 4) is 0 Å². The van der Waals surface area contributed by atoms with E-state index < -0.39 is 18.0 Å². The number of rotatable bonds is 5. The Labute approximate surface area is 90.0 Å². The van der Waals surface area contributed by atoms with Crippen LogP contribution in [0.2, 0.25) is 0 Å². The maximum atomic E-state index is 10.8. The number of carbonyl (C=O) groups excluding carboxylic acids is 1. The van der Waals surface area contributed by atoms with Gasteiger partial charge in [-0.25, -0.2) is 15.5 Å². The van der Waals surface area contributed by atoms with Crippen molar-refractivity contribution in [2.24, 2.45) is 5.84 Å².